The van der Waals surface area contributed by atoms with Gasteiger partial charge in [-0.2, -0.15) is 0 Å². The van der Waals surface area contributed by atoms with Crippen molar-refractivity contribution in [3.63, 3.8) is 0 Å². The normalized spacial score (nSPS) is 19.0. The molecule has 1 aromatic rings. The number of amides is 5. The van der Waals surface area contributed by atoms with E-state index >= 15 is 0 Å². The number of ether oxygens (including phenoxy) is 2. The van der Waals surface area contributed by atoms with Crippen molar-refractivity contribution >= 4 is 29.5 Å². The number of nitrogens with one attached hydrogen (secondary N) is 4. The zero-order valence-corrected chi connectivity index (χ0v) is 36.7. The third-order valence-corrected chi connectivity index (χ3v) is 11.2. The van der Waals surface area contributed by atoms with Crippen molar-refractivity contribution in [1.82, 2.24) is 31.1 Å². The summed E-state index contributed by atoms with van der Waals surface area (Å²) < 4.78 is 12.0. The first-order valence-electron chi connectivity index (χ1n) is 20.5. The van der Waals surface area contributed by atoms with Gasteiger partial charge in [-0.1, -0.05) is 85.2 Å². The Labute approximate surface area is 337 Å². The lowest BCUT2D eigenvalue weighted by Crippen LogP contribution is -2.59. The van der Waals surface area contributed by atoms with Gasteiger partial charge in [-0.3, -0.25) is 24.0 Å². The zero-order chi connectivity index (χ0) is 42.5. The SMILES string of the molecule is CCC(C)C(C(CC(=O)N1CCCC1C(OC)C(C)C(=O)NC(Cc1ccccc1)C(=O)NC(C)(C)C)OC)N(C)C(=O)[C@@H](NC(=O)C(NC)C(C)C)C(C)C. The molecule has 1 aliphatic heterocycles. The smallest absolute Gasteiger partial charge is 0.245 e. The summed E-state index contributed by atoms with van der Waals surface area (Å²) in [7, 11) is 6.56. The minimum Gasteiger partial charge on any atom is -0.379 e. The van der Waals surface area contributed by atoms with Crippen LogP contribution >= 0.6 is 0 Å². The Balaban J connectivity index is 2.31. The van der Waals surface area contributed by atoms with E-state index in [4.69, 9.17) is 9.47 Å². The molecular weight excluding hydrogens is 713 g/mol. The Morgan fingerprint density at radius 2 is 1.48 bits per heavy atom. The summed E-state index contributed by atoms with van der Waals surface area (Å²) in [4.78, 5) is 72.5. The van der Waals surface area contributed by atoms with E-state index in [1.165, 1.54) is 0 Å². The molecule has 1 aliphatic rings. The summed E-state index contributed by atoms with van der Waals surface area (Å²) in [5.41, 5.74) is 0.424. The summed E-state index contributed by atoms with van der Waals surface area (Å²) in [6, 6.07) is 6.67. The summed E-state index contributed by atoms with van der Waals surface area (Å²) in [5.74, 6) is -2.13. The quantitative estimate of drug-likeness (QED) is 0.146. The third-order valence-electron chi connectivity index (χ3n) is 11.2. The Hall–Kier alpha value is -3.55. The van der Waals surface area contributed by atoms with Crippen molar-refractivity contribution in [2.75, 3.05) is 34.9 Å². The number of benzene rings is 1. The van der Waals surface area contributed by atoms with Crippen molar-refractivity contribution in [1.29, 1.82) is 0 Å². The van der Waals surface area contributed by atoms with Crippen LogP contribution in [0.4, 0.5) is 0 Å². The second-order valence-corrected chi connectivity index (χ2v) is 17.3. The molecule has 2 rings (SSSR count). The van der Waals surface area contributed by atoms with Crippen molar-refractivity contribution < 1.29 is 33.4 Å². The summed E-state index contributed by atoms with van der Waals surface area (Å²) in [5, 5.41) is 12.0. The number of carbonyl (C=O) groups excluding carboxylic acids is 5. The average molecular weight is 787 g/mol. The molecule has 0 spiro atoms. The minimum atomic E-state index is -0.811. The monoisotopic (exact) mass is 787 g/mol. The van der Waals surface area contributed by atoms with Crippen LogP contribution in [0.5, 0.6) is 0 Å². The van der Waals surface area contributed by atoms with Crippen LogP contribution in [0.25, 0.3) is 0 Å². The second kappa shape index (κ2) is 22.4. The molecule has 5 amide bonds. The lowest BCUT2D eigenvalue weighted by atomic mass is 9.89. The maximum atomic E-state index is 14.3. The molecule has 8 unspecified atom stereocenters. The highest BCUT2D eigenvalue weighted by Crippen LogP contribution is 2.30. The Bertz CT molecular complexity index is 1420. The molecule has 1 fully saturated rings. The maximum Gasteiger partial charge on any atom is 0.245 e. The van der Waals surface area contributed by atoms with Crippen molar-refractivity contribution in [2.45, 2.75) is 149 Å². The Morgan fingerprint density at radius 3 is 1.98 bits per heavy atom. The van der Waals surface area contributed by atoms with Gasteiger partial charge in [-0.25, -0.2) is 0 Å². The van der Waals surface area contributed by atoms with Gasteiger partial charge >= 0.3 is 0 Å². The molecule has 0 radical (unpaired) electrons. The van der Waals surface area contributed by atoms with Gasteiger partial charge < -0.3 is 40.5 Å². The van der Waals surface area contributed by atoms with Gasteiger partial charge in [0.15, 0.2) is 0 Å². The highest BCUT2D eigenvalue weighted by molar-refractivity contribution is 5.91. The van der Waals surface area contributed by atoms with E-state index in [1.807, 2.05) is 92.6 Å². The predicted molar refractivity (Wildman–Crippen MR) is 221 cm³/mol. The lowest BCUT2D eigenvalue weighted by molar-refractivity contribution is -0.148. The molecule has 56 heavy (non-hydrogen) atoms. The van der Waals surface area contributed by atoms with Gasteiger partial charge in [0, 0.05) is 39.8 Å². The molecule has 1 aromatic carbocycles. The van der Waals surface area contributed by atoms with Crippen LogP contribution in [0.3, 0.4) is 0 Å². The fourth-order valence-corrected chi connectivity index (χ4v) is 7.87. The molecule has 318 valence electrons. The molecule has 0 saturated carbocycles. The number of likely N-dealkylation sites (tertiary alicyclic amines) is 1. The molecule has 0 aromatic heterocycles. The number of carbonyl (C=O) groups is 5. The fraction of sp³-hybridized carbons (Fsp3) is 0.744. The van der Waals surface area contributed by atoms with E-state index in [2.05, 4.69) is 21.3 Å². The van der Waals surface area contributed by atoms with Gasteiger partial charge in [0.05, 0.1) is 42.7 Å². The molecule has 1 heterocycles. The summed E-state index contributed by atoms with van der Waals surface area (Å²) in [6.45, 7) is 19.7. The van der Waals surface area contributed by atoms with Crippen LogP contribution in [0.15, 0.2) is 30.3 Å². The van der Waals surface area contributed by atoms with Crippen LogP contribution in [-0.4, -0.2) is 122 Å². The minimum absolute atomic E-state index is 0.0106. The van der Waals surface area contributed by atoms with E-state index in [1.54, 1.807) is 45.0 Å². The third kappa shape index (κ3) is 13.5. The van der Waals surface area contributed by atoms with Crippen molar-refractivity contribution in [3.8, 4) is 0 Å². The molecule has 1 saturated heterocycles. The molecule has 9 atom stereocenters. The number of methoxy groups -OCH3 is 2. The summed E-state index contributed by atoms with van der Waals surface area (Å²) >= 11 is 0. The lowest BCUT2D eigenvalue weighted by Gasteiger charge is -2.41. The first-order valence-corrected chi connectivity index (χ1v) is 20.5. The fourth-order valence-electron chi connectivity index (χ4n) is 7.87. The number of hydrogen-bond acceptors (Lipinski definition) is 8. The molecular formula is C43H74N6O7. The molecule has 4 N–H and O–H groups in total. The van der Waals surface area contributed by atoms with Gasteiger partial charge in [-0.05, 0) is 64.0 Å². The van der Waals surface area contributed by atoms with Gasteiger partial charge in [-0.15, -0.1) is 0 Å². The number of rotatable bonds is 21. The van der Waals surface area contributed by atoms with E-state index in [-0.39, 0.29) is 59.8 Å². The Kier molecular flexibility index (Phi) is 19.4. The van der Waals surface area contributed by atoms with Crippen molar-refractivity contribution in [3.05, 3.63) is 35.9 Å². The molecule has 13 heteroatoms. The zero-order valence-electron chi connectivity index (χ0n) is 36.7. The maximum absolute atomic E-state index is 14.3. The standard InChI is InChI=1S/C43H74N6O7/c1-15-28(6)37(48(12)42(54)36(27(4)5)46-41(53)35(44-11)26(2)3)33(55-13)25-34(50)49-23-19-22-32(49)38(56-14)29(7)39(51)45-31(40(52)47-43(8,9)10)24-30-20-17-16-18-21-30/h16-18,20-21,26-29,31-33,35-38,44H,15,19,22-25H2,1-14H3,(H,45,51)(H,46,53)(H,47,52)/t28?,29?,31?,32?,33?,35?,36-,37?,38?/m0/s1. The van der Waals surface area contributed by atoms with Crippen LogP contribution in [0.1, 0.15) is 100 Å². The Morgan fingerprint density at radius 1 is 0.875 bits per heavy atom. The van der Waals surface area contributed by atoms with E-state index in [0.29, 0.717) is 19.4 Å². The van der Waals surface area contributed by atoms with E-state index in [9.17, 15) is 24.0 Å². The molecule has 0 bridgehead atoms. The van der Waals surface area contributed by atoms with Crippen LogP contribution in [-0.2, 0) is 39.9 Å². The first kappa shape index (κ1) is 48.6. The highest BCUT2D eigenvalue weighted by atomic mass is 16.5. The largest absolute Gasteiger partial charge is 0.379 e. The number of likely N-dealkylation sites (N-methyl/N-ethyl adjacent to an activating group) is 2. The van der Waals surface area contributed by atoms with E-state index < -0.39 is 47.8 Å². The second-order valence-electron chi connectivity index (χ2n) is 17.3. The highest BCUT2D eigenvalue weighted by Gasteiger charge is 2.43. The number of nitrogens with zero attached hydrogens (tertiary/aromatic N) is 2. The molecule has 0 aliphatic carbocycles. The van der Waals surface area contributed by atoms with Crippen LogP contribution in [0, 0.1) is 23.7 Å². The summed E-state index contributed by atoms with van der Waals surface area (Å²) in [6.07, 6.45) is 1.16. The molecule has 13 nitrogen and oxygen atoms in total. The van der Waals surface area contributed by atoms with Crippen molar-refractivity contribution in [2.24, 2.45) is 23.7 Å². The van der Waals surface area contributed by atoms with Crippen LogP contribution in [0.2, 0.25) is 0 Å². The van der Waals surface area contributed by atoms with E-state index in [0.717, 1.165) is 18.4 Å². The number of hydrogen-bond donors (Lipinski definition) is 4. The first-order chi connectivity index (χ1) is 26.2. The van der Waals surface area contributed by atoms with Gasteiger partial charge in [0.25, 0.3) is 0 Å². The average Bonchev–Trinajstić information content (AvgIpc) is 3.62. The predicted octanol–water partition coefficient (Wildman–Crippen LogP) is 3.93. The van der Waals surface area contributed by atoms with Gasteiger partial charge in [0.1, 0.15) is 12.1 Å². The van der Waals surface area contributed by atoms with Gasteiger partial charge in [0.2, 0.25) is 29.5 Å². The topological polar surface area (TPSA) is 158 Å². The van der Waals surface area contributed by atoms with Crippen LogP contribution < -0.4 is 21.3 Å².